The molecule has 174 valence electrons. The monoisotopic (exact) mass is 472 g/mol. The lowest BCUT2D eigenvalue weighted by atomic mass is 10.1. The second-order valence-corrected chi connectivity index (χ2v) is 8.37. The topological polar surface area (TPSA) is 61.8 Å². The molecule has 0 spiro atoms. The van der Waals surface area contributed by atoms with E-state index < -0.39 is 35.4 Å². The standard InChI is InChI=1S/C23H24ClF3O5/c1-22(2,3)32-19(28)8-5-13-30-21(29)20(15-9-11-17(24)12-10-15)31-18-7-4-6-16(14-18)23(25,26)27/h4,6-7,9-12,14,20H,5,8,13H2,1-3H3/t20-/m1/s1. The first-order valence-corrected chi connectivity index (χ1v) is 10.2. The third-order valence-electron chi connectivity index (χ3n) is 3.99. The number of esters is 2. The van der Waals surface area contributed by atoms with Crippen LogP contribution in [-0.4, -0.2) is 24.1 Å². The Balaban J connectivity index is 2.08. The molecule has 0 unspecified atom stereocenters. The van der Waals surface area contributed by atoms with Crippen molar-refractivity contribution in [2.45, 2.75) is 51.5 Å². The van der Waals surface area contributed by atoms with E-state index in [1.54, 1.807) is 20.8 Å². The Morgan fingerprint density at radius 1 is 1.03 bits per heavy atom. The molecule has 0 fully saturated rings. The van der Waals surface area contributed by atoms with E-state index in [1.165, 1.54) is 36.4 Å². The van der Waals surface area contributed by atoms with E-state index in [2.05, 4.69) is 0 Å². The summed E-state index contributed by atoms with van der Waals surface area (Å²) < 4.78 is 55.0. The van der Waals surface area contributed by atoms with Gasteiger partial charge in [-0.15, -0.1) is 0 Å². The fourth-order valence-corrected chi connectivity index (χ4v) is 2.76. The summed E-state index contributed by atoms with van der Waals surface area (Å²) in [7, 11) is 0. The van der Waals surface area contributed by atoms with E-state index in [-0.39, 0.29) is 25.2 Å². The zero-order chi connectivity index (χ0) is 23.9. The van der Waals surface area contributed by atoms with Crippen LogP contribution in [0.25, 0.3) is 0 Å². The van der Waals surface area contributed by atoms with E-state index in [0.717, 1.165) is 12.1 Å². The molecule has 9 heteroatoms. The van der Waals surface area contributed by atoms with Gasteiger partial charge in [-0.2, -0.15) is 13.2 Å². The van der Waals surface area contributed by atoms with Gasteiger partial charge in [-0.1, -0.05) is 29.8 Å². The van der Waals surface area contributed by atoms with Crippen LogP contribution in [0, 0.1) is 0 Å². The number of hydrogen-bond donors (Lipinski definition) is 0. The maximum atomic E-state index is 13.0. The van der Waals surface area contributed by atoms with Crippen LogP contribution in [0.4, 0.5) is 13.2 Å². The smallest absolute Gasteiger partial charge is 0.416 e. The molecule has 5 nitrogen and oxygen atoms in total. The van der Waals surface area contributed by atoms with Gasteiger partial charge in [-0.3, -0.25) is 4.79 Å². The van der Waals surface area contributed by atoms with Gasteiger partial charge in [0.25, 0.3) is 0 Å². The Bertz CT molecular complexity index is 920. The van der Waals surface area contributed by atoms with Crippen molar-refractivity contribution >= 4 is 23.5 Å². The van der Waals surface area contributed by atoms with E-state index >= 15 is 0 Å². The molecule has 0 amide bonds. The number of hydrogen-bond acceptors (Lipinski definition) is 5. The molecule has 32 heavy (non-hydrogen) atoms. The van der Waals surface area contributed by atoms with Crippen LogP contribution in [0.2, 0.25) is 5.02 Å². The predicted molar refractivity (Wildman–Crippen MR) is 112 cm³/mol. The number of rotatable bonds is 8. The summed E-state index contributed by atoms with van der Waals surface area (Å²) in [6.07, 6.45) is -5.61. The zero-order valence-corrected chi connectivity index (χ0v) is 18.6. The number of benzene rings is 2. The number of carbonyl (C=O) groups is 2. The van der Waals surface area contributed by atoms with E-state index in [4.69, 9.17) is 25.8 Å². The van der Waals surface area contributed by atoms with Crippen molar-refractivity contribution in [3.05, 3.63) is 64.7 Å². The molecule has 0 aliphatic heterocycles. The molecule has 2 aromatic rings. The molecule has 0 aliphatic carbocycles. The molecule has 0 N–H and O–H groups in total. The Hall–Kier alpha value is -2.74. The van der Waals surface area contributed by atoms with E-state index in [9.17, 15) is 22.8 Å². The van der Waals surface area contributed by atoms with Gasteiger partial charge in [0.15, 0.2) is 0 Å². The summed E-state index contributed by atoms with van der Waals surface area (Å²) in [4.78, 5) is 24.4. The van der Waals surface area contributed by atoms with Crippen molar-refractivity contribution < 1.29 is 37.0 Å². The predicted octanol–water partition coefficient (Wildman–Crippen LogP) is 6.14. The quantitative estimate of drug-likeness (QED) is 0.341. The summed E-state index contributed by atoms with van der Waals surface area (Å²) >= 11 is 5.88. The first kappa shape index (κ1) is 25.5. The van der Waals surface area contributed by atoms with Gasteiger partial charge in [0.05, 0.1) is 12.2 Å². The maximum Gasteiger partial charge on any atom is 0.416 e. The fourth-order valence-electron chi connectivity index (χ4n) is 2.63. The van der Waals surface area contributed by atoms with Crippen molar-refractivity contribution in [1.82, 2.24) is 0 Å². The second-order valence-electron chi connectivity index (χ2n) is 7.93. The highest BCUT2D eigenvalue weighted by atomic mass is 35.5. The van der Waals surface area contributed by atoms with Crippen molar-refractivity contribution in [3.63, 3.8) is 0 Å². The summed E-state index contributed by atoms with van der Waals surface area (Å²) in [5.74, 6) is -1.39. The molecular weight excluding hydrogens is 449 g/mol. The molecule has 1 atom stereocenters. The third-order valence-corrected chi connectivity index (χ3v) is 4.24. The van der Waals surface area contributed by atoms with Gasteiger partial charge in [-0.25, -0.2) is 4.79 Å². The van der Waals surface area contributed by atoms with Crippen molar-refractivity contribution in [2.75, 3.05) is 6.61 Å². The lowest BCUT2D eigenvalue weighted by Gasteiger charge is -2.20. The van der Waals surface area contributed by atoms with Crippen LogP contribution < -0.4 is 4.74 Å². The van der Waals surface area contributed by atoms with Gasteiger partial charge < -0.3 is 14.2 Å². The molecular formula is C23H24ClF3O5. The Labute approximate surface area is 189 Å². The lowest BCUT2D eigenvalue weighted by Crippen LogP contribution is -2.24. The minimum absolute atomic E-state index is 0.0463. The fraction of sp³-hybridized carbons (Fsp3) is 0.391. The highest BCUT2D eigenvalue weighted by molar-refractivity contribution is 6.30. The Morgan fingerprint density at radius 2 is 1.69 bits per heavy atom. The lowest BCUT2D eigenvalue weighted by molar-refractivity contribution is -0.158. The molecule has 0 aromatic heterocycles. The SMILES string of the molecule is CC(C)(C)OC(=O)CCCOC(=O)[C@H](Oc1cccc(C(F)(F)F)c1)c1ccc(Cl)cc1. The van der Waals surface area contributed by atoms with Crippen LogP contribution in [0.15, 0.2) is 48.5 Å². The van der Waals surface area contributed by atoms with Gasteiger partial charge in [0, 0.05) is 17.0 Å². The number of halogens is 4. The van der Waals surface area contributed by atoms with Crippen LogP contribution >= 0.6 is 11.6 Å². The number of alkyl halides is 3. The average molecular weight is 473 g/mol. The van der Waals surface area contributed by atoms with Gasteiger partial charge in [0.2, 0.25) is 6.10 Å². The zero-order valence-electron chi connectivity index (χ0n) is 17.9. The summed E-state index contributed by atoms with van der Waals surface area (Å²) in [5, 5.41) is 0.414. The maximum absolute atomic E-state index is 13.0. The highest BCUT2D eigenvalue weighted by Crippen LogP contribution is 2.33. The molecule has 0 radical (unpaired) electrons. The van der Waals surface area contributed by atoms with Crippen molar-refractivity contribution in [1.29, 1.82) is 0 Å². The Morgan fingerprint density at radius 3 is 2.28 bits per heavy atom. The summed E-state index contributed by atoms with van der Waals surface area (Å²) in [6.45, 7) is 5.14. The van der Waals surface area contributed by atoms with E-state index in [1.807, 2.05) is 0 Å². The molecule has 2 aromatic carbocycles. The van der Waals surface area contributed by atoms with Crippen LogP contribution in [-0.2, 0) is 25.2 Å². The molecule has 0 saturated heterocycles. The van der Waals surface area contributed by atoms with Gasteiger partial charge in [-0.05, 0) is 57.5 Å². The summed E-state index contributed by atoms with van der Waals surface area (Å²) in [5.41, 5.74) is -1.17. The second kappa shape index (κ2) is 10.7. The molecule has 0 bridgehead atoms. The third kappa shape index (κ3) is 8.42. The highest BCUT2D eigenvalue weighted by Gasteiger charge is 2.31. The average Bonchev–Trinajstić information content (AvgIpc) is 2.68. The number of ether oxygens (including phenoxy) is 3. The van der Waals surface area contributed by atoms with E-state index in [0.29, 0.717) is 10.6 Å². The van der Waals surface area contributed by atoms with Gasteiger partial charge in [0.1, 0.15) is 11.4 Å². The summed E-state index contributed by atoms with van der Waals surface area (Å²) in [6, 6.07) is 10.3. The van der Waals surface area contributed by atoms with Gasteiger partial charge >= 0.3 is 18.1 Å². The molecule has 0 aliphatic rings. The van der Waals surface area contributed by atoms with Crippen LogP contribution in [0.3, 0.4) is 0 Å². The van der Waals surface area contributed by atoms with Crippen LogP contribution in [0.1, 0.15) is 50.8 Å². The Kier molecular flexibility index (Phi) is 8.55. The van der Waals surface area contributed by atoms with Crippen molar-refractivity contribution in [3.8, 4) is 5.75 Å². The minimum Gasteiger partial charge on any atom is -0.474 e. The first-order valence-electron chi connectivity index (χ1n) is 9.83. The normalized spacial score (nSPS) is 12.7. The van der Waals surface area contributed by atoms with Crippen molar-refractivity contribution in [2.24, 2.45) is 0 Å². The molecule has 0 saturated carbocycles. The first-order chi connectivity index (χ1) is 14.8. The molecule has 2 rings (SSSR count). The number of carbonyl (C=O) groups excluding carboxylic acids is 2. The van der Waals surface area contributed by atoms with Crippen LogP contribution in [0.5, 0.6) is 5.75 Å². The minimum atomic E-state index is -4.56. The largest absolute Gasteiger partial charge is 0.474 e. The molecule has 0 heterocycles.